The Hall–Kier alpha value is -2.42. The van der Waals surface area contributed by atoms with Crippen LogP contribution >= 0.6 is 0 Å². The van der Waals surface area contributed by atoms with Gasteiger partial charge in [-0.15, -0.1) is 0 Å². The third-order valence-electron chi connectivity index (χ3n) is 18.3. The number of hydrogen-bond acceptors (Lipinski definition) is 23. The second-order valence-corrected chi connectivity index (χ2v) is 26.1. The van der Waals surface area contributed by atoms with Crippen LogP contribution in [-0.2, 0) is 47.5 Å². The van der Waals surface area contributed by atoms with Crippen LogP contribution in [0, 0.1) is 0 Å². The Morgan fingerprint density at radius 2 is 0.796 bits per heavy atom. The molecule has 15 N–H and O–H groups in total. The van der Waals surface area contributed by atoms with E-state index in [1.807, 2.05) is 6.08 Å². The number of allylic oxidation sites excluding steroid dienone is 3. The summed E-state index contributed by atoms with van der Waals surface area (Å²) in [5, 5.41) is 148. The standard InChI is InChI=1S/C68H124N2O23/c1-4-6-8-10-12-14-16-18-19-20-21-22-23-24-25-27-29-31-33-35-37-39-52(77)70-46(47(76)38-36-34-32-30-28-26-17-15-13-11-9-7-5-2)44-86-66-59(83)58(82)62(51(43-74)90-66)91-67-61(85)64(56(80)50(42-73)88-67)93-68-60(84)63(55(79)49(41-72)89-68)92-65-53(69-45(3)75)57(81)54(78)48(40-71)87-65/h18-19,36,38,46-51,53-68,71-74,76,78-85H,4-17,20-35,37,39-44H2,1-3H3,(H,69,75)(H,70,77)/b19-18-,38-36+/t46-,47+,48?,49?,50?,51?,53?,54+,55-,56-,57+,58+,59?,60?,61?,62+,63-,64-,65-,66+,67-,68+/m0/s1. The summed E-state index contributed by atoms with van der Waals surface area (Å²) in [4.78, 5) is 25.6. The summed E-state index contributed by atoms with van der Waals surface area (Å²) in [5.41, 5.74) is 0. The molecule has 0 aliphatic carbocycles. The number of hydrogen-bond donors (Lipinski definition) is 15. The number of nitrogens with one attached hydrogen (secondary N) is 2. The fourth-order valence-corrected chi connectivity index (χ4v) is 12.5. The highest BCUT2D eigenvalue weighted by atomic mass is 16.8. The topological polar surface area (TPSA) is 395 Å². The van der Waals surface area contributed by atoms with Gasteiger partial charge in [-0.25, -0.2) is 0 Å². The Morgan fingerprint density at radius 3 is 1.24 bits per heavy atom. The van der Waals surface area contributed by atoms with E-state index in [9.17, 15) is 76.0 Å². The first-order chi connectivity index (χ1) is 45.0. The highest BCUT2D eigenvalue weighted by Crippen LogP contribution is 2.35. The summed E-state index contributed by atoms with van der Waals surface area (Å²) in [6.45, 7) is 1.58. The van der Waals surface area contributed by atoms with Gasteiger partial charge in [0.25, 0.3) is 0 Å². The van der Waals surface area contributed by atoms with Gasteiger partial charge < -0.3 is 115 Å². The molecule has 4 saturated heterocycles. The molecule has 0 spiro atoms. The second kappa shape index (κ2) is 48.3. The zero-order chi connectivity index (χ0) is 67.9. The van der Waals surface area contributed by atoms with Crippen LogP contribution in [0.1, 0.15) is 226 Å². The van der Waals surface area contributed by atoms with Gasteiger partial charge in [-0.05, 0) is 44.9 Å². The average molecular weight is 1340 g/mol. The van der Waals surface area contributed by atoms with E-state index in [2.05, 4.69) is 36.6 Å². The maximum Gasteiger partial charge on any atom is 0.220 e. The van der Waals surface area contributed by atoms with E-state index >= 15 is 0 Å². The molecule has 0 saturated carbocycles. The minimum atomic E-state index is -2.11. The molecule has 0 bridgehead atoms. The van der Waals surface area contributed by atoms with Gasteiger partial charge in [0.2, 0.25) is 11.8 Å². The molecule has 4 aliphatic rings. The van der Waals surface area contributed by atoms with E-state index in [4.69, 9.17) is 37.9 Å². The Bertz CT molecular complexity index is 1980. The monoisotopic (exact) mass is 1340 g/mol. The van der Waals surface area contributed by atoms with Crippen LogP contribution in [0.25, 0.3) is 0 Å². The van der Waals surface area contributed by atoms with Crippen LogP contribution in [0.4, 0.5) is 0 Å². The van der Waals surface area contributed by atoms with Crippen molar-refractivity contribution in [1.82, 2.24) is 10.6 Å². The number of aliphatic hydroxyl groups is 13. The van der Waals surface area contributed by atoms with Crippen molar-refractivity contribution in [1.29, 1.82) is 0 Å². The maximum atomic E-state index is 13.5. The molecule has 4 aliphatic heterocycles. The van der Waals surface area contributed by atoms with Gasteiger partial charge in [0.1, 0.15) is 97.6 Å². The number of ether oxygens (including phenoxy) is 8. The fourth-order valence-electron chi connectivity index (χ4n) is 12.5. The first-order valence-corrected chi connectivity index (χ1v) is 35.6. The minimum Gasteiger partial charge on any atom is -0.394 e. The molecule has 93 heavy (non-hydrogen) atoms. The van der Waals surface area contributed by atoms with Gasteiger partial charge in [0, 0.05) is 13.3 Å². The number of carbonyl (C=O) groups excluding carboxylic acids is 2. The smallest absolute Gasteiger partial charge is 0.220 e. The van der Waals surface area contributed by atoms with Crippen LogP contribution in [0.2, 0.25) is 0 Å². The molecule has 544 valence electrons. The molecule has 0 aromatic heterocycles. The molecule has 0 aromatic rings. The average Bonchev–Trinajstić information content (AvgIpc) is 0.788. The van der Waals surface area contributed by atoms with Crippen LogP contribution in [-0.4, -0.2) is 246 Å². The number of aliphatic hydroxyl groups excluding tert-OH is 13. The van der Waals surface area contributed by atoms with Gasteiger partial charge in [0.15, 0.2) is 25.2 Å². The molecule has 4 rings (SSSR count). The lowest BCUT2D eigenvalue weighted by Gasteiger charge is -2.49. The predicted molar refractivity (Wildman–Crippen MR) is 345 cm³/mol. The molecule has 22 atom stereocenters. The van der Waals surface area contributed by atoms with Crippen LogP contribution in [0.3, 0.4) is 0 Å². The van der Waals surface area contributed by atoms with Gasteiger partial charge in [-0.2, -0.15) is 0 Å². The summed E-state index contributed by atoms with van der Waals surface area (Å²) in [7, 11) is 0. The third kappa shape index (κ3) is 29.5. The molecular formula is C68H124N2O23. The van der Waals surface area contributed by atoms with Crippen molar-refractivity contribution >= 4 is 11.8 Å². The van der Waals surface area contributed by atoms with Crippen LogP contribution < -0.4 is 10.6 Å². The Morgan fingerprint density at radius 1 is 0.419 bits per heavy atom. The van der Waals surface area contributed by atoms with E-state index in [0.29, 0.717) is 12.8 Å². The molecule has 4 heterocycles. The molecule has 25 heteroatoms. The fraction of sp³-hybridized carbons (Fsp3) is 0.912. The van der Waals surface area contributed by atoms with Crippen molar-refractivity contribution < 1.29 is 114 Å². The second-order valence-electron chi connectivity index (χ2n) is 26.1. The highest BCUT2D eigenvalue weighted by molar-refractivity contribution is 5.76. The summed E-state index contributed by atoms with van der Waals surface area (Å²) in [6, 6.07) is -2.56. The van der Waals surface area contributed by atoms with Gasteiger partial charge in [0.05, 0.1) is 45.2 Å². The highest BCUT2D eigenvalue weighted by Gasteiger charge is 2.56. The van der Waals surface area contributed by atoms with E-state index in [1.165, 1.54) is 141 Å². The summed E-state index contributed by atoms with van der Waals surface area (Å²) >= 11 is 0. The Labute approximate surface area is 552 Å². The van der Waals surface area contributed by atoms with Crippen LogP contribution in [0.15, 0.2) is 24.3 Å². The van der Waals surface area contributed by atoms with E-state index in [1.54, 1.807) is 6.08 Å². The predicted octanol–water partition coefficient (Wildman–Crippen LogP) is 3.90. The summed E-state index contributed by atoms with van der Waals surface area (Å²) in [6.07, 6.45) is 9.03. The van der Waals surface area contributed by atoms with Crippen molar-refractivity contribution in [2.75, 3.05) is 33.0 Å². The molecule has 2 amide bonds. The SMILES string of the molecule is CCCCCCCC/C=C\CCCCCCCCCCCCCC(=O)N[C@@H](CO[C@@H]1OC(CO)[C@@H](O[C@@H]2OC(CO)[C@H](O)[C@H](O[C@H]3OC(CO)[C@H](O)[C@H](O[C@@H]4OC(CO)[C@@H](O)[C@H](O)C4NC(C)=O)C3O)C2O)[C@H](O)C1O)[C@H](O)/C=C/CCCCCCCCCCCCC. The third-order valence-corrected chi connectivity index (χ3v) is 18.3. The zero-order valence-corrected chi connectivity index (χ0v) is 56.1. The first kappa shape index (κ1) is 83.0. The van der Waals surface area contributed by atoms with Gasteiger partial charge >= 0.3 is 0 Å². The number of rotatable bonds is 50. The van der Waals surface area contributed by atoms with Gasteiger partial charge in [-0.3, -0.25) is 9.59 Å². The lowest BCUT2D eigenvalue weighted by molar-refractivity contribution is -0.387. The molecule has 25 nitrogen and oxygen atoms in total. The van der Waals surface area contributed by atoms with Crippen molar-refractivity contribution in [3.8, 4) is 0 Å². The Kier molecular flexibility index (Phi) is 43.1. The van der Waals surface area contributed by atoms with E-state index in [-0.39, 0.29) is 12.3 Å². The van der Waals surface area contributed by atoms with Crippen molar-refractivity contribution in [3.63, 3.8) is 0 Å². The molecule has 0 aromatic carbocycles. The zero-order valence-electron chi connectivity index (χ0n) is 56.1. The first-order valence-electron chi connectivity index (χ1n) is 35.6. The molecular weight excluding hydrogens is 1210 g/mol. The van der Waals surface area contributed by atoms with E-state index < -0.39 is 174 Å². The molecule has 8 unspecified atom stereocenters. The number of unbranched alkanes of at least 4 members (excludes halogenated alkanes) is 28. The van der Waals surface area contributed by atoms with E-state index in [0.717, 1.165) is 51.9 Å². The lowest BCUT2D eigenvalue weighted by atomic mass is 9.95. The Balaban J connectivity index is 1.32. The maximum absolute atomic E-state index is 13.5. The van der Waals surface area contributed by atoms with Crippen molar-refractivity contribution in [3.05, 3.63) is 24.3 Å². The summed E-state index contributed by atoms with van der Waals surface area (Å²) < 4.78 is 46.6. The normalized spacial score (nSPS) is 32.5. The van der Waals surface area contributed by atoms with Crippen molar-refractivity contribution in [2.45, 2.75) is 361 Å². The van der Waals surface area contributed by atoms with Crippen LogP contribution in [0.5, 0.6) is 0 Å². The summed E-state index contributed by atoms with van der Waals surface area (Å²) in [5.74, 6) is -1.02. The number of amides is 2. The van der Waals surface area contributed by atoms with Crippen molar-refractivity contribution in [2.24, 2.45) is 0 Å². The quantitative estimate of drug-likeness (QED) is 0.0303. The minimum absolute atomic E-state index is 0.208. The number of carbonyl (C=O) groups is 2. The largest absolute Gasteiger partial charge is 0.394 e. The lowest BCUT2D eigenvalue weighted by Crippen LogP contribution is -2.69. The molecule has 4 fully saturated rings. The molecule has 0 radical (unpaired) electrons. The van der Waals surface area contributed by atoms with Gasteiger partial charge in [-0.1, -0.05) is 192 Å².